The van der Waals surface area contributed by atoms with E-state index < -0.39 is 37.2 Å². The molecule has 22 heavy (non-hydrogen) atoms. The number of nitrogens with zero attached hydrogens (tertiary/aromatic N) is 2. The summed E-state index contributed by atoms with van der Waals surface area (Å²) in [5, 5.41) is 9.00. The lowest BCUT2D eigenvalue weighted by molar-refractivity contribution is -0.157. The Bertz CT molecular complexity index is 548. The number of amides is 1. The molecule has 1 amide bonds. The van der Waals surface area contributed by atoms with Gasteiger partial charge in [-0.25, -0.2) is 0 Å². The number of carbonyl (C=O) groups excluding carboxylic acids is 1. The van der Waals surface area contributed by atoms with Crippen LogP contribution in [-0.2, 0) is 9.59 Å². The van der Waals surface area contributed by atoms with Crippen molar-refractivity contribution in [1.29, 1.82) is 0 Å². The molecule has 0 spiro atoms. The number of anilines is 1. The summed E-state index contributed by atoms with van der Waals surface area (Å²) in [7, 11) is 0. The number of rotatable bonds is 5. The molecule has 1 unspecified atom stereocenters. The van der Waals surface area contributed by atoms with Crippen LogP contribution in [-0.4, -0.2) is 53.7 Å². The van der Waals surface area contributed by atoms with E-state index in [0.29, 0.717) is 5.69 Å². The summed E-state index contributed by atoms with van der Waals surface area (Å²) in [5.41, 5.74) is 0.497. The fourth-order valence-corrected chi connectivity index (χ4v) is 2.53. The molecular weight excluding hydrogens is 301 g/mol. The molecule has 120 valence electrons. The van der Waals surface area contributed by atoms with Gasteiger partial charge in [0, 0.05) is 12.2 Å². The molecule has 0 aliphatic carbocycles. The van der Waals surface area contributed by atoms with Crippen molar-refractivity contribution in [2.75, 3.05) is 24.5 Å². The maximum Gasteiger partial charge on any atom is 0.406 e. The Morgan fingerprint density at radius 1 is 1.32 bits per heavy atom. The van der Waals surface area contributed by atoms with E-state index in [1.807, 2.05) is 0 Å². The van der Waals surface area contributed by atoms with Gasteiger partial charge in [-0.3, -0.25) is 9.59 Å². The molecule has 1 aromatic carbocycles. The second kappa shape index (κ2) is 6.25. The molecule has 1 heterocycles. The van der Waals surface area contributed by atoms with Crippen LogP contribution in [0.4, 0.5) is 18.9 Å². The van der Waals surface area contributed by atoms with Crippen molar-refractivity contribution < 1.29 is 27.9 Å². The van der Waals surface area contributed by atoms with E-state index in [2.05, 4.69) is 0 Å². The van der Waals surface area contributed by atoms with Crippen LogP contribution in [0.3, 0.4) is 0 Å². The summed E-state index contributed by atoms with van der Waals surface area (Å²) in [6.45, 7) is -1.79. The summed E-state index contributed by atoms with van der Waals surface area (Å²) in [6.07, 6.45) is -4.30. The van der Waals surface area contributed by atoms with Crippen molar-refractivity contribution in [2.45, 2.75) is 18.6 Å². The highest BCUT2D eigenvalue weighted by Crippen LogP contribution is 2.26. The smallest absolute Gasteiger partial charge is 0.406 e. The third-order valence-corrected chi connectivity index (χ3v) is 3.41. The third kappa shape index (κ3) is 3.90. The average Bonchev–Trinajstić information content (AvgIpc) is 2.76. The zero-order valence-corrected chi connectivity index (χ0v) is 11.6. The van der Waals surface area contributed by atoms with Crippen LogP contribution in [0.25, 0.3) is 0 Å². The molecule has 1 N–H and O–H groups in total. The number of hydrogen-bond donors (Lipinski definition) is 1. The molecule has 1 aliphatic heterocycles. The van der Waals surface area contributed by atoms with Crippen LogP contribution in [0, 0.1) is 0 Å². The van der Waals surface area contributed by atoms with E-state index in [1.165, 1.54) is 4.90 Å². The molecule has 0 aromatic heterocycles. The van der Waals surface area contributed by atoms with Gasteiger partial charge >= 0.3 is 12.1 Å². The van der Waals surface area contributed by atoms with Crippen LogP contribution < -0.4 is 4.90 Å². The van der Waals surface area contributed by atoms with Crippen molar-refractivity contribution in [2.24, 2.45) is 0 Å². The predicted molar refractivity (Wildman–Crippen MR) is 72.5 cm³/mol. The highest BCUT2D eigenvalue weighted by molar-refractivity contribution is 5.89. The van der Waals surface area contributed by atoms with Gasteiger partial charge in [-0.1, -0.05) is 18.2 Å². The minimum Gasteiger partial charge on any atom is -0.480 e. The second-order valence-corrected chi connectivity index (χ2v) is 5.04. The predicted octanol–water partition coefficient (Wildman–Crippen LogP) is 1.74. The minimum absolute atomic E-state index is 0.0358. The normalized spacial score (nSPS) is 18.6. The molecule has 5 nitrogen and oxygen atoms in total. The fourth-order valence-electron chi connectivity index (χ4n) is 2.53. The monoisotopic (exact) mass is 316 g/mol. The maximum atomic E-state index is 12.4. The lowest BCUT2D eigenvalue weighted by Gasteiger charge is -2.28. The van der Waals surface area contributed by atoms with Crippen molar-refractivity contribution in [3.05, 3.63) is 30.3 Å². The van der Waals surface area contributed by atoms with Crippen LogP contribution >= 0.6 is 0 Å². The number of carboxylic acids is 1. The van der Waals surface area contributed by atoms with E-state index in [4.69, 9.17) is 5.11 Å². The lowest BCUT2D eigenvalue weighted by atomic mass is 10.1. The summed E-state index contributed by atoms with van der Waals surface area (Å²) >= 11 is 0. The van der Waals surface area contributed by atoms with Gasteiger partial charge in [0.05, 0.1) is 0 Å². The number of para-hydroxylation sites is 1. The first-order valence-electron chi connectivity index (χ1n) is 6.67. The molecule has 1 fully saturated rings. The Hall–Kier alpha value is -2.25. The van der Waals surface area contributed by atoms with Gasteiger partial charge < -0.3 is 14.9 Å². The van der Waals surface area contributed by atoms with Gasteiger partial charge in [-0.15, -0.1) is 0 Å². The molecule has 0 radical (unpaired) electrons. The standard InChI is InChI=1S/C14H15F3N2O3/c15-14(16,17)9-18-7-6-11(13(18)22)19(8-12(20)21)10-4-2-1-3-5-10/h1-5,11H,6-9H2,(H,20,21). The summed E-state index contributed by atoms with van der Waals surface area (Å²) in [5.74, 6) is -1.84. The van der Waals surface area contributed by atoms with Gasteiger partial charge in [-0.05, 0) is 18.6 Å². The third-order valence-electron chi connectivity index (χ3n) is 3.41. The molecule has 8 heteroatoms. The average molecular weight is 316 g/mol. The van der Waals surface area contributed by atoms with Crippen LogP contribution in [0.1, 0.15) is 6.42 Å². The Labute approximate surface area is 124 Å². The minimum atomic E-state index is -4.46. The first-order valence-corrected chi connectivity index (χ1v) is 6.67. The van der Waals surface area contributed by atoms with E-state index in [-0.39, 0.29) is 13.0 Å². The Morgan fingerprint density at radius 2 is 1.95 bits per heavy atom. The van der Waals surface area contributed by atoms with Gasteiger partial charge in [-0.2, -0.15) is 13.2 Å². The van der Waals surface area contributed by atoms with E-state index in [1.54, 1.807) is 30.3 Å². The summed E-state index contributed by atoms with van der Waals surface area (Å²) in [6, 6.07) is 7.45. The lowest BCUT2D eigenvalue weighted by Crippen LogP contribution is -2.46. The number of likely N-dealkylation sites (tertiary alicyclic amines) is 1. The van der Waals surface area contributed by atoms with E-state index in [0.717, 1.165) is 4.90 Å². The van der Waals surface area contributed by atoms with E-state index >= 15 is 0 Å². The van der Waals surface area contributed by atoms with E-state index in [9.17, 15) is 22.8 Å². The zero-order valence-electron chi connectivity index (χ0n) is 11.6. The van der Waals surface area contributed by atoms with Crippen molar-refractivity contribution in [1.82, 2.24) is 4.90 Å². The molecule has 0 bridgehead atoms. The van der Waals surface area contributed by atoms with Crippen molar-refractivity contribution >= 4 is 17.6 Å². The van der Waals surface area contributed by atoms with Gasteiger partial charge in [0.2, 0.25) is 5.91 Å². The highest BCUT2D eigenvalue weighted by atomic mass is 19.4. The Balaban J connectivity index is 2.19. The molecule has 1 aromatic rings. The first kappa shape index (κ1) is 16.1. The van der Waals surface area contributed by atoms with Crippen LogP contribution in [0.2, 0.25) is 0 Å². The largest absolute Gasteiger partial charge is 0.480 e. The number of hydrogen-bond acceptors (Lipinski definition) is 3. The number of halogens is 3. The molecule has 1 atom stereocenters. The molecular formula is C14H15F3N2O3. The Kier molecular flexibility index (Phi) is 4.58. The number of carbonyl (C=O) groups is 2. The Morgan fingerprint density at radius 3 is 2.50 bits per heavy atom. The van der Waals surface area contributed by atoms with Crippen LogP contribution in [0.5, 0.6) is 0 Å². The summed E-state index contributed by atoms with van der Waals surface area (Å²) in [4.78, 5) is 25.2. The quantitative estimate of drug-likeness (QED) is 0.899. The van der Waals surface area contributed by atoms with Gasteiger partial charge in [0.1, 0.15) is 19.1 Å². The number of alkyl halides is 3. The number of aliphatic carboxylic acids is 1. The van der Waals surface area contributed by atoms with Crippen LogP contribution in [0.15, 0.2) is 30.3 Å². The first-order chi connectivity index (χ1) is 10.3. The number of carboxylic acid groups (broad SMARTS) is 1. The SMILES string of the molecule is O=C(O)CN(c1ccccc1)C1CCN(CC(F)(F)F)C1=O. The molecule has 1 saturated heterocycles. The molecule has 0 saturated carbocycles. The van der Waals surface area contributed by atoms with Crippen molar-refractivity contribution in [3.8, 4) is 0 Å². The van der Waals surface area contributed by atoms with Gasteiger partial charge in [0.15, 0.2) is 0 Å². The molecule has 2 rings (SSSR count). The number of benzene rings is 1. The summed E-state index contributed by atoms with van der Waals surface area (Å²) < 4.78 is 37.3. The highest BCUT2D eigenvalue weighted by Gasteiger charge is 2.41. The zero-order chi connectivity index (χ0) is 16.3. The topological polar surface area (TPSA) is 60.9 Å². The maximum absolute atomic E-state index is 12.4. The fraction of sp³-hybridized carbons (Fsp3) is 0.429. The van der Waals surface area contributed by atoms with Crippen molar-refractivity contribution in [3.63, 3.8) is 0 Å². The second-order valence-electron chi connectivity index (χ2n) is 5.04. The van der Waals surface area contributed by atoms with Gasteiger partial charge in [0.25, 0.3) is 0 Å². The molecule has 1 aliphatic rings.